The number of hydrogen-bond donors (Lipinski definition) is 2. The minimum Gasteiger partial charge on any atom is -0.479 e. The van der Waals surface area contributed by atoms with Gasteiger partial charge in [-0.15, -0.1) is 11.3 Å². The number of alkyl halides is 3. The molecule has 2 aromatic carbocycles. The van der Waals surface area contributed by atoms with Gasteiger partial charge in [-0.05, 0) is 60.6 Å². The number of piperidine rings is 1. The van der Waals surface area contributed by atoms with Gasteiger partial charge in [-0.1, -0.05) is 48.6 Å². The number of benzene rings is 2. The van der Waals surface area contributed by atoms with E-state index >= 15 is 0 Å². The zero-order chi connectivity index (χ0) is 29.9. The first-order valence-electron chi connectivity index (χ1n) is 13.5. The Hall–Kier alpha value is -4.25. The third kappa shape index (κ3) is 6.46. The molecule has 0 spiro atoms. The lowest BCUT2D eigenvalue weighted by Crippen LogP contribution is -2.42. The van der Waals surface area contributed by atoms with Crippen LogP contribution in [0.5, 0.6) is 0 Å². The van der Waals surface area contributed by atoms with Crippen LogP contribution in [-0.4, -0.2) is 51.9 Å². The second kappa shape index (κ2) is 12.3. The van der Waals surface area contributed by atoms with Crippen LogP contribution < -0.4 is 5.32 Å². The highest BCUT2D eigenvalue weighted by atomic mass is 32.1. The Morgan fingerprint density at radius 1 is 1.02 bits per heavy atom. The standard InChI is InChI=1S/C31H28F3N3O4S/c32-31(33,34)22-12-10-19(11-13-22)23-8-4-5-9-24(23)29(39)37-16-14-21(15-17-37)28-35-25(18-42-28)27(38)36-26(30(40)41)20-6-2-1-3-7-20/h1-2,4-5,7-13,18,21,26H,3,6,14-17H2,(H,36,38)(H,40,41)/t26-/m1/s1. The third-order valence-corrected chi connectivity index (χ3v) is 8.50. The van der Waals surface area contributed by atoms with Gasteiger partial charge >= 0.3 is 12.1 Å². The predicted octanol–water partition coefficient (Wildman–Crippen LogP) is 6.31. The van der Waals surface area contributed by atoms with Crippen molar-refractivity contribution in [2.75, 3.05) is 13.1 Å². The predicted molar refractivity (Wildman–Crippen MR) is 152 cm³/mol. The number of nitrogens with one attached hydrogen (secondary N) is 1. The van der Waals surface area contributed by atoms with E-state index in [2.05, 4.69) is 10.3 Å². The maximum atomic E-state index is 13.5. The number of carboxylic acids is 1. The van der Waals surface area contributed by atoms with Gasteiger partial charge in [0.15, 0.2) is 0 Å². The van der Waals surface area contributed by atoms with Crippen molar-refractivity contribution >= 4 is 29.1 Å². The fourth-order valence-electron chi connectivity index (χ4n) is 5.21. The Kier molecular flexibility index (Phi) is 8.58. The van der Waals surface area contributed by atoms with Crippen LogP contribution in [0.1, 0.15) is 63.0 Å². The van der Waals surface area contributed by atoms with Gasteiger partial charge in [0, 0.05) is 30.0 Å². The van der Waals surface area contributed by atoms with E-state index in [1.165, 1.54) is 23.5 Å². The molecule has 3 aromatic rings. The maximum absolute atomic E-state index is 13.5. The highest BCUT2D eigenvalue weighted by Gasteiger charge is 2.31. The number of thiazole rings is 1. The van der Waals surface area contributed by atoms with Crippen LogP contribution in [0.15, 0.2) is 77.7 Å². The summed E-state index contributed by atoms with van der Waals surface area (Å²) < 4.78 is 39.0. The first-order chi connectivity index (χ1) is 20.1. The number of hydrogen-bond acceptors (Lipinski definition) is 5. The molecule has 5 rings (SSSR count). The molecule has 1 aromatic heterocycles. The van der Waals surface area contributed by atoms with Gasteiger partial charge in [-0.3, -0.25) is 9.59 Å². The second-order valence-electron chi connectivity index (χ2n) is 10.2. The van der Waals surface area contributed by atoms with E-state index in [4.69, 9.17) is 0 Å². The van der Waals surface area contributed by atoms with Gasteiger partial charge in [-0.25, -0.2) is 9.78 Å². The molecule has 2 heterocycles. The number of amides is 2. The molecule has 1 aliphatic carbocycles. The van der Waals surface area contributed by atoms with Crippen molar-refractivity contribution in [3.05, 3.63) is 99.5 Å². The van der Waals surface area contributed by atoms with E-state index < -0.39 is 29.7 Å². The molecule has 0 bridgehead atoms. The first-order valence-corrected chi connectivity index (χ1v) is 14.4. The Bertz CT molecular complexity index is 1540. The quantitative estimate of drug-likeness (QED) is 0.312. The molecular weight excluding hydrogens is 567 g/mol. The molecule has 7 nitrogen and oxygen atoms in total. The normalized spacial score (nSPS) is 16.5. The molecule has 0 radical (unpaired) electrons. The summed E-state index contributed by atoms with van der Waals surface area (Å²) in [5.41, 5.74) is 1.55. The molecule has 1 fully saturated rings. The Labute approximate surface area is 244 Å². The largest absolute Gasteiger partial charge is 0.479 e. The molecule has 218 valence electrons. The van der Waals surface area contributed by atoms with Gasteiger partial charge in [0.1, 0.15) is 11.7 Å². The van der Waals surface area contributed by atoms with Crippen molar-refractivity contribution in [3.63, 3.8) is 0 Å². The van der Waals surface area contributed by atoms with Crippen LogP contribution in [0.3, 0.4) is 0 Å². The number of carboxylic acid groups (broad SMARTS) is 1. The van der Waals surface area contributed by atoms with Crippen molar-refractivity contribution in [1.82, 2.24) is 15.2 Å². The monoisotopic (exact) mass is 595 g/mol. The summed E-state index contributed by atoms with van der Waals surface area (Å²) >= 11 is 1.34. The van der Waals surface area contributed by atoms with E-state index in [1.807, 2.05) is 18.2 Å². The number of rotatable bonds is 7. The average molecular weight is 596 g/mol. The summed E-state index contributed by atoms with van der Waals surface area (Å²) in [4.78, 5) is 44.3. The molecule has 1 atom stereocenters. The molecule has 0 saturated carbocycles. The van der Waals surface area contributed by atoms with Gasteiger partial charge in [0.05, 0.1) is 10.6 Å². The maximum Gasteiger partial charge on any atom is 0.416 e. The molecule has 1 aliphatic heterocycles. The Balaban J connectivity index is 1.22. The van der Waals surface area contributed by atoms with Crippen molar-refractivity contribution in [2.45, 2.75) is 43.8 Å². The molecular formula is C31H28F3N3O4S. The van der Waals surface area contributed by atoms with Crippen molar-refractivity contribution < 1.29 is 32.7 Å². The lowest BCUT2D eigenvalue weighted by Gasteiger charge is -2.31. The van der Waals surface area contributed by atoms with E-state index in [0.717, 1.165) is 17.1 Å². The number of halogens is 3. The number of carbonyl (C=O) groups is 3. The van der Waals surface area contributed by atoms with E-state index in [-0.39, 0.29) is 17.5 Å². The van der Waals surface area contributed by atoms with E-state index in [0.29, 0.717) is 61.0 Å². The number of aromatic nitrogens is 1. The zero-order valence-corrected chi connectivity index (χ0v) is 23.3. The molecule has 42 heavy (non-hydrogen) atoms. The van der Waals surface area contributed by atoms with Crippen LogP contribution in [0.2, 0.25) is 0 Å². The van der Waals surface area contributed by atoms with Gasteiger partial charge in [0.2, 0.25) is 0 Å². The average Bonchev–Trinajstić information content (AvgIpc) is 3.50. The smallest absolute Gasteiger partial charge is 0.416 e. The van der Waals surface area contributed by atoms with E-state index in [1.54, 1.807) is 34.5 Å². The summed E-state index contributed by atoms with van der Waals surface area (Å²) in [5, 5.41) is 14.6. The summed E-state index contributed by atoms with van der Waals surface area (Å²) in [6.45, 7) is 0.906. The molecule has 2 amide bonds. The minimum atomic E-state index is -4.44. The second-order valence-corrected chi connectivity index (χ2v) is 11.1. The molecule has 2 aliphatic rings. The van der Waals surface area contributed by atoms with Gasteiger partial charge in [-0.2, -0.15) is 13.2 Å². The minimum absolute atomic E-state index is 0.0345. The fraction of sp³-hybridized carbons (Fsp3) is 0.290. The number of nitrogens with zero attached hydrogens (tertiary/aromatic N) is 2. The number of likely N-dealkylation sites (tertiary alicyclic amines) is 1. The van der Waals surface area contributed by atoms with Crippen LogP contribution in [-0.2, 0) is 11.0 Å². The lowest BCUT2D eigenvalue weighted by atomic mass is 9.94. The van der Waals surface area contributed by atoms with Crippen LogP contribution in [0.25, 0.3) is 11.1 Å². The van der Waals surface area contributed by atoms with Crippen LogP contribution in [0, 0.1) is 0 Å². The lowest BCUT2D eigenvalue weighted by molar-refractivity contribution is -0.138. The van der Waals surface area contributed by atoms with Crippen molar-refractivity contribution in [1.29, 1.82) is 0 Å². The number of allylic oxidation sites excluding steroid dienone is 3. The SMILES string of the molecule is O=C(N[C@@H](C(=O)O)C1=CCC=CC1)c1csc(C2CCN(C(=O)c3ccccc3-c3ccc(C(F)(F)F)cc3)CC2)n1. The summed E-state index contributed by atoms with van der Waals surface area (Å²) in [5.74, 6) is -1.84. The fourth-order valence-corrected chi connectivity index (χ4v) is 6.18. The summed E-state index contributed by atoms with van der Waals surface area (Å²) in [6, 6.07) is 10.5. The van der Waals surface area contributed by atoms with E-state index in [9.17, 15) is 32.7 Å². The summed E-state index contributed by atoms with van der Waals surface area (Å²) in [7, 11) is 0. The topological polar surface area (TPSA) is 99.6 Å². The van der Waals surface area contributed by atoms with Crippen LogP contribution >= 0.6 is 11.3 Å². The number of carbonyl (C=O) groups excluding carboxylic acids is 2. The van der Waals surface area contributed by atoms with Gasteiger partial charge in [0.25, 0.3) is 11.8 Å². The highest BCUT2D eigenvalue weighted by Crippen LogP contribution is 2.34. The molecule has 1 saturated heterocycles. The molecule has 0 unspecified atom stereocenters. The molecule has 2 N–H and O–H groups in total. The van der Waals surface area contributed by atoms with Crippen molar-refractivity contribution in [2.24, 2.45) is 0 Å². The zero-order valence-electron chi connectivity index (χ0n) is 22.4. The third-order valence-electron chi connectivity index (χ3n) is 7.50. The van der Waals surface area contributed by atoms with Crippen molar-refractivity contribution in [3.8, 4) is 11.1 Å². The Morgan fingerprint density at radius 2 is 1.74 bits per heavy atom. The molecule has 11 heteroatoms. The van der Waals surface area contributed by atoms with Gasteiger partial charge < -0.3 is 15.3 Å². The summed E-state index contributed by atoms with van der Waals surface area (Å²) in [6.07, 6.45) is 3.52. The highest BCUT2D eigenvalue weighted by molar-refractivity contribution is 7.09. The number of aliphatic carboxylic acids is 1. The first kappa shape index (κ1) is 29.2. The van der Waals surface area contributed by atoms with Crippen LogP contribution in [0.4, 0.5) is 13.2 Å². The Morgan fingerprint density at radius 3 is 2.38 bits per heavy atom.